The van der Waals surface area contributed by atoms with Gasteiger partial charge in [-0.25, -0.2) is 9.18 Å². The number of hydrogen-bond donors (Lipinski definition) is 1. The fraction of sp³-hybridized carbons (Fsp3) is 0.333. The fourth-order valence-electron chi connectivity index (χ4n) is 1.30. The molecule has 0 aromatic heterocycles. The number of carbonyl (C=O) groups excluding carboxylic acids is 1. The lowest BCUT2D eigenvalue weighted by Gasteiger charge is -2.08. The number of carboxylic acids is 1. The Bertz CT molecular complexity index is 444. The Balaban J connectivity index is 2.56. The average Bonchev–Trinajstić information content (AvgIpc) is 2.35. The molecule has 1 rings (SSSR count). The van der Waals surface area contributed by atoms with Crippen LogP contribution in [0.3, 0.4) is 0 Å². The lowest BCUT2D eigenvalue weighted by molar-refractivity contribution is -0.140. The number of hydrogen-bond acceptors (Lipinski definition) is 4. The highest BCUT2D eigenvalue weighted by Crippen LogP contribution is 2.20. The van der Waals surface area contributed by atoms with Crippen LogP contribution >= 0.6 is 0 Å². The molecule has 0 unspecified atom stereocenters. The molecule has 0 heterocycles. The molecule has 0 aliphatic rings. The number of benzene rings is 1. The van der Waals surface area contributed by atoms with Gasteiger partial charge in [-0.3, -0.25) is 4.79 Å². The van der Waals surface area contributed by atoms with Crippen LogP contribution in [-0.2, 0) is 9.53 Å². The minimum absolute atomic E-state index is 0.0776. The zero-order valence-corrected chi connectivity index (χ0v) is 9.81. The molecule has 98 valence electrons. The summed E-state index contributed by atoms with van der Waals surface area (Å²) in [6.45, 7) is 0.154. The largest absolute Gasteiger partial charge is 0.493 e. The van der Waals surface area contributed by atoms with E-state index >= 15 is 0 Å². The molecule has 0 aliphatic carbocycles. The molecule has 0 saturated carbocycles. The van der Waals surface area contributed by atoms with Crippen LogP contribution < -0.4 is 4.74 Å². The predicted molar refractivity (Wildman–Crippen MR) is 60.1 cm³/mol. The third-order valence-electron chi connectivity index (χ3n) is 2.18. The van der Waals surface area contributed by atoms with Crippen molar-refractivity contribution in [2.45, 2.75) is 12.8 Å². The summed E-state index contributed by atoms with van der Waals surface area (Å²) in [4.78, 5) is 21.7. The van der Waals surface area contributed by atoms with Gasteiger partial charge in [0, 0.05) is 6.42 Å². The van der Waals surface area contributed by atoms with Crippen molar-refractivity contribution in [2.75, 3.05) is 13.7 Å². The first-order chi connectivity index (χ1) is 8.54. The summed E-state index contributed by atoms with van der Waals surface area (Å²) in [6.07, 6.45) is 0.573. The van der Waals surface area contributed by atoms with Crippen LogP contribution in [0.25, 0.3) is 0 Å². The highest BCUT2D eigenvalue weighted by atomic mass is 19.1. The third kappa shape index (κ3) is 4.04. The Hall–Kier alpha value is -2.11. The van der Waals surface area contributed by atoms with Gasteiger partial charge in [-0.05, 0) is 24.6 Å². The van der Waals surface area contributed by atoms with Crippen LogP contribution in [0.15, 0.2) is 18.2 Å². The Labute approximate surface area is 103 Å². The summed E-state index contributed by atoms with van der Waals surface area (Å²) in [5.41, 5.74) is -0.243. The van der Waals surface area contributed by atoms with Gasteiger partial charge in [-0.2, -0.15) is 0 Å². The molecule has 0 radical (unpaired) electrons. The first kappa shape index (κ1) is 14.0. The normalized spacial score (nSPS) is 9.89. The van der Waals surface area contributed by atoms with Crippen molar-refractivity contribution in [3.05, 3.63) is 29.6 Å². The van der Waals surface area contributed by atoms with Crippen molar-refractivity contribution in [2.24, 2.45) is 0 Å². The quantitative estimate of drug-likeness (QED) is 0.621. The number of carbonyl (C=O) groups is 2. The minimum Gasteiger partial charge on any atom is -0.493 e. The fourth-order valence-corrected chi connectivity index (χ4v) is 1.30. The Morgan fingerprint density at radius 2 is 2.11 bits per heavy atom. The van der Waals surface area contributed by atoms with E-state index in [2.05, 4.69) is 4.74 Å². The maximum Gasteiger partial charge on any atom is 0.339 e. The van der Waals surface area contributed by atoms with Crippen LogP contribution in [0.2, 0.25) is 0 Å². The second-order valence-corrected chi connectivity index (χ2v) is 3.47. The summed E-state index contributed by atoms with van der Waals surface area (Å²) >= 11 is 0. The van der Waals surface area contributed by atoms with Gasteiger partial charge in [-0.1, -0.05) is 0 Å². The number of ether oxygens (including phenoxy) is 2. The van der Waals surface area contributed by atoms with Gasteiger partial charge in [0.2, 0.25) is 0 Å². The van der Waals surface area contributed by atoms with Crippen LogP contribution in [0, 0.1) is 5.82 Å². The van der Waals surface area contributed by atoms with Gasteiger partial charge in [0.25, 0.3) is 0 Å². The molecule has 0 saturated heterocycles. The summed E-state index contributed by atoms with van der Waals surface area (Å²) in [6, 6.07) is 3.25. The molecule has 0 spiro atoms. The van der Waals surface area contributed by atoms with E-state index in [1.165, 1.54) is 13.2 Å². The van der Waals surface area contributed by atoms with Crippen molar-refractivity contribution in [3.63, 3.8) is 0 Å². The smallest absolute Gasteiger partial charge is 0.339 e. The van der Waals surface area contributed by atoms with E-state index < -0.39 is 11.8 Å². The molecule has 0 bridgehead atoms. The van der Waals surface area contributed by atoms with Crippen molar-refractivity contribution in [3.8, 4) is 5.75 Å². The Morgan fingerprint density at radius 3 is 2.72 bits per heavy atom. The zero-order chi connectivity index (χ0) is 13.5. The molecule has 0 fully saturated rings. The van der Waals surface area contributed by atoms with Gasteiger partial charge < -0.3 is 14.6 Å². The Morgan fingerprint density at radius 1 is 1.39 bits per heavy atom. The third-order valence-corrected chi connectivity index (χ3v) is 2.18. The minimum atomic E-state index is -1.27. The van der Waals surface area contributed by atoms with Crippen molar-refractivity contribution >= 4 is 11.9 Å². The molecule has 0 aliphatic heterocycles. The molecule has 0 atom stereocenters. The number of esters is 1. The molecule has 6 heteroatoms. The highest BCUT2D eigenvalue weighted by Gasteiger charge is 2.12. The van der Waals surface area contributed by atoms with Crippen molar-refractivity contribution < 1.29 is 28.6 Å². The van der Waals surface area contributed by atoms with E-state index in [1.807, 2.05) is 0 Å². The maximum absolute atomic E-state index is 12.9. The van der Waals surface area contributed by atoms with E-state index in [0.717, 1.165) is 12.1 Å². The highest BCUT2D eigenvalue weighted by molar-refractivity contribution is 5.90. The Kier molecular flexibility index (Phi) is 5.10. The standard InChI is InChI=1S/C12H13FO5/c1-17-11(14)3-2-6-18-10-5-4-8(13)7-9(10)12(15)16/h4-5,7H,2-3,6H2,1H3,(H,15,16). The lowest BCUT2D eigenvalue weighted by atomic mass is 10.2. The summed E-state index contributed by atoms with van der Waals surface area (Å²) in [5, 5.41) is 8.85. The second-order valence-electron chi connectivity index (χ2n) is 3.47. The van der Waals surface area contributed by atoms with Gasteiger partial charge >= 0.3 is 11.9 Å². The van der Waals surface area contributed by atoms with Crippen molar-refractivity contribution in [1.29, 1.82) is 0 Å². The van der Waals surface area contributed by atoms with Crippen molar-refractivity contribution in [1.82, 2.24) is 0 Å². The van der Waals surface area contributed by atoms with E-state index in [4.69, 9.17) is 9.84 Å². The van der Waals surface area contributed by atoms with E-state index in [0.29, 0.717) is 6.42 Å². The molecule has 18 heavy (non-hydrogen) atoms. The summed E-state index contributed by atoms with van der Waals surface area (Å²) in [5.74, 6) is -2.20. The molecule has 1 aromatic rings. The number of methoxy groups -OCH3 is 1. The van der Waals surface area contributed by atoms with Crippen LogP contribution in [-0.4, -0.2) is 30.8 Å². The molecule has 1 aromatic carbocycles. The SMILES string of the molecule is COC(=O)CCCOc1ccc(F)cc1C(=O)O. The topological polar surface area (TPSA) is 72.8 Å². The van der Waals surface area contributed by atoms with Gasteiger partial charge in [0.15, 0.2) is 0 Å². The van der Waals surface area contributed by atoms with Crippen LogP contribution in [0.4, 0.5) is 4.39 Å². The molecule has 1 N–H and O–H groups in total. The zero-order valence-electron chi connectivity index (χ0n) is 9.81. The molecular weight excluding hydrogens is 243 g/mol. The number of rotatable bonds is 6. The number of carboxylic acid groups (broad SMARTS) is 1. The lowest BCUT2D eigenvalue weighted by Crippen LogP contribution is -2.07. The number of halogens is 1. The number of aromatic carboxylic acids is 1. The van der Waals surface area contributed by atoms with Crippen LogP contribution in [0.5, 0.6) is 5.75 Å². The van der Waals surface area contributed by atoms with E-state index in [-0.39, 0.29) is 30.3 Å². The monoisotopic (exact) mass is 256 g/mol. The van der Waals surface area contributed by atoms with Gasteiger partial charge in [0.05, 0.1) is 13.7 Å². The van der Waals surface area contributed by atoms with Gasteiger partial charge in [-0.15, -0.1) is 0 Å². The molecule has 0 amide bonds. The van der Waals surface area contributed by atoms with E-state index in [1.54, 1.807) is 0 Å². The molecular formula is C12H13FO5. The average molecular weight is 256 g/mol. The summed E-state index contributed by atoms with van der Waals surface area (Å²) < 4.78 is 22.5. The summed E-state index contributed by atoms with van der Waals surface area (Å²) in [7, 11) is 1.28. The first-order valence-electron chi connectivity index (χ1n) is 5.27. The first-order valence-corrected chi connectivity index (χ1v) is 5.27. The second kappa shape index (κ2) is 6.58. The maximum atomic E-state index is 12.9. The van der Waals surface area contributed by atoms with Crippen LogP contribution in [0.1, 0.15) is 23.2 Å². The predicted octanol–water partition coefficient (Wildman–Crippen LogP) is 1.86. The molecule has 5 nitrogen and oxygen atoms in total. The van der Waals surface area contributed by atoms with Gasteiger partial charge in [0.1, 0.15) is 17.1 Å². The van der Waals surface area contributed by atoms with E-state index in [9.17, 15) is 14.0 Å².